The molecule has 1 aromatic rings. The van der Waals surface area contributed by atoms with Crippen LogP contribution < -0.4 is 4.74 Å². The highest BCUT2D eigenvalue weighted by Crippen LogP contribution is 2.36. The average molecular weight is 320 g/mol. The third-order valence-electron chi connectivity index (χ3n) is 4.08. The van der Waals surface area contributed by atoms with Crippen LogP contribution in [0.4, 0.5) is 0 Å². The van der Waals surface area contributed by atoms with Gasteiger partial charge in [0, 0.05) is 6.42 Å². The monoisotopic (exact) mass is 320 g/mol. The molecule has 0 heterocycles. The summed E-state index contributed by atoms with van der Waals surface area (Å²) in [5, 5.41) is 8.88. The first-order valence-corrected chi connectivity index (χ1v) is 8.48. The highest BCUT2D eigenvalue weighted by atomic mass is 16.5. The number of carboxylic acids is 1. The van der Waals surface area contributed by atoms with Gasteiger partial charge < -0.3 is 9.84 Å². The molecule has 0 aliphatic carbocycles. The zero-order chi connectivity index (χ0) is 17.8. The van der Waals surface area contributed by atoms with Gasteiger partial charge >= 0.3 is 5.97 Å². The van der Waals surface area contributed by atoms with Gasteiger partial charge in [-0.2, -0.15) is 0 Å². The van der Waals surface area contributed by atoms with Crippen LogP contribution in [0.15, 0.2) is 18.2 Å². The maximum Gasteiger partial charge on any atom is 0.303 e. The second-order valence-corrected chi connectivity index (χ2v) is 8.29. The molecular formula is C20H32O3. The van der Waals surface area contributed by atoms with E-state index in [-0.39, 0.29) is 23.4 Å². The van der Waals surface area contributed by atoms with Crippen molar-refractivity contribution in [1.82, 2.24) is 0 Å². The maximum absolute atomic E-state index is 10.8. The van der Waals surface area contributed by atoms with E-state index in [2.05, 4.69) is 53.7 Å². The summed E-state index contributed by atoms with van der Waals surface area (Å²) >= 11 is 0. The Morgan fingerprint density at radius 3 is 2.17 bits per heavy atom. The molecule has 23 heavy (non-hydrogen) atoms. The van der Waals surface area contributed by atoms with Gasteiger partial charge in [0.05, 0.1) is 6.10 Å². The summed E-state index contributed by atoms with van der Waals surface area (Å²) in [6.07, 6.45) is 1.42. The molecule has 0 aromatic heterocycles. The van der Waals surface area contributed by atoms with Gasteiger partial charge in [-0.3, -0.25) is 4.79 Å². The van der Waals surface area contributed by atoms with Crippen LogP contribution in [0.3, 0.4) is 0 Å². The number of ether oxygens (including phenoxy) is 1. The molecule has 1 atom stereocenters. The van der Waals surface area contributed by atoms with E-state index in [0.29, 0.717) is 6.42 Å². The van der Waals surface area contributed by atoms with Crippen molar-refractivity contribution in [3.63, 3.8) is 0 Å². The fraction of sp³-hybridized carbons (Fsp3) is 0.650. The van der Waals surface area contributed by atoms with Crippen molar-refractivity contribution in [2.75, 3.05) is 0 Å². The van der Waals surface area contributed by atoms with E-state index in [1.165, 1.54) is 11.1 Å². The van der Waals surface area contributed by atoms with Crippen LogP contribution in [-0.2, 0) is 15.6 Å². The lowest BCUT2D eigenvalue weighted by Crippen LogP contribution is -2.22. The molecule has 1 N–H and O–H groups in total. The quantitative estimate of drug-likeness (QED) is 0.773. The lowest BCUT2D eigenvalue weighted by molar-refractivity contribution is -0.137. The fourth-order valence-corrected chi connectivity index (χ4v) is 2.50. The van der Waals surface area contributed by atoms with E-state index in [1.807, 2.05) is 13.0 Å². The zero-order valence-corrected chi connectivity index (χ0v) is 15.7. The topological polar surface area (TPSA) is 46.5 Å². The predicted molar refractivity (Wildman–Crippen MR) is 95.4 cm³/mol. The normalized spacial score (nSPS) is 13.7. The Morgan fingerprint density at radius 2 is 1.74 bits per heavy atom. The SMILES string of the molecule is CCC(CCC(=O)O)Oc1ccc(C(C)(C)C)cc1C(C)(C)C. The molecule has 0 spiro atoms. The van der Waals surface area contributed by atoms with Crippen molar-refractivity contribution < 1.29 is 14.6 Å². The molecule has 3 heteroatoms. The Labute approximate surface area is 141 Å². The van der Waals surface area contributed by atoms with Crippen LogP contribution in [0.25, 0.3) is 0 Å². The van der Waals surface area contributed by atoms with Crippen molar-refractivity contribution in [1.29, 1.82) is 0 Å². The molecule has 1 aromatic carbocycles. The molecule has 1 unspecified atom stereocenters. The van der Waals surface area contributed by atoms with Crippen LogP contribution in [-0.4, -0.2) is 17.2 Å². The van der Waals surface area contributed by atoms with Crippen molar-refractivity contribution in [3.05, 3.63) is 29.3 Å². The van der Waals surface area contributed by atoms with Gasteiger partial charge in [0.15, 0.2) is 0 Å². The smallest absolute Gasteiger partial charge is 0.303 e. The number of aliphatic carboxylic acids is 1. The highest BCUT2D eigenvalue weighted by molar-refractivity contribution is 5.66. The van der Waals surface area contributed by atoms with E-state index >= 15 is 0 Å². The molecule has 0 aliphatic heterocycles. The summed E-state index contributed by atoms with van der Waals surface area (Å²) < 4.78 is 6.18. The van der Waals surface area contributed by atoms with Gasteiger partial charge in [-0.1, -0.05) is 60.6 Å². The Bertz CT molecular complexity index is 533. The predicted octanol–water partition coefficient (Wildman–Crippen LogP) is 5.30. The number of carboxylic acid groups (broad SMARTS) is 1. The van der Waals surface area contributed by atoms with E-state index in [4.69, 9.17) is 9.84 Å². The third-order valence-corrected chi connectivity index (χ3v) is 4.08. The fourth-order valence-electron chi connectivity index (χ4n) is 2.50. The Balaban J connectivity index is 3.12. The minimum Gasteiger partial charge on any atom is -0.490 e. The summed E-state index contributed by atoms with van der Waals surface area (Å²) in [6, 6.07) is 6.40. The van der Waals surface area contributed by atoms with Crippen LogP contribution in [0, 0.1) is 0 Å². The molecule has 1 rings (SSSR count). The summed E-state index contributed by atoms with van der Waals surface area (Å²) in [4.78, 5) is 10.8. The van der Waals surface area contributed by atoms with Crippen LogP contribution >= 0.6 is 0 Å². The van der Waals surface area contributed by atoms with E-state index in [9.17, 15) is 4.79 Å². The average Bonchev–Trinajstić information content (AvgIpc) is 2.41. The third kappa shape index (κ3) is 5.89. The van der Waals surface area contributed by atoms with E-state index in [1.54, 1.807) is 0 Å². The van der Waals surface area contributed by atoms with Gasteiger partial charge in [0.1, 0.15) is 5.75 Å². The summed E-state index contributed by atoms with van der Waals surface area (Å²) in [7, 11) is 0. The summed E-state index contributed by atoms with van der Waals surface area (Å²) in [6.45, 7) is 15.2. The molecule has 0 aliphatic rings. The zero-order valence-electron chi connectivity index (χ0n) is 15.7. The highest BCUT2D eigenvalue weighted by Gasteiger charge is 2.24. The first kappa shape index (κ1) is 19.5. The Kier molecular flexibility index (Phi) is 6.26. The van der Waals surface area contributed by atoms with Crippen LogP contribution in [0.1, 0.15) is 78.9 Å². The lowest BCUT2D eigenvalue weighted by Gasteiger charge is -2.29. The lowest BCUT2D eigenvalue weighted by atomic mass is 9.80. The number of benzene rings is 1. The van der Waals surface area contributed by atoms with Gasteiger partial charge in [0.25, 0.3) is 0 Å². The molecule has 0 amide bonds. The van der Waals surface area contributed by atoms with Crippen LogP contribution in [0.5, 0.6) is 5.75 Å². The molecular weight excluding hydrogens is 288 g/mol. The van der Waals surface area contributed by atoms with Gasteiger partial charge in [-0.05, 0) is 40.9 Å². The number of hydrogen-bond acceptors (Lipinski definition) is 2. The number of carbonyl (C=O) groups is 1. The molecule has 3 nitrogen and oxygen atoms in total. The van der Waals surface area contributed by atoms with Crippen molar-refractivity contribution in [2.45, 2.75) is 84.7 Å². The summed E-state index contributed by atoms with van der Waals surface area (Å²) in [5.41, 5.74) is 2.53. The van der Waals surface area contributed by atoms with Gasteiger partial charge in [-0.15, -0.1) is 0 Å². The van der Waals surface area contributed by atoms with Gasteiger partial charge in [0.2, 0.25) is 0 Å². The summed E-state index contributed by atoms with van der Waals surface area (Å²) in [5.74, 6) is 0.105. The minimum absolute atomic E-state index is 0.0261. The van der Waals surface area contributed by atoms with Crippen molar-refractivity contribution >= 4 is 5.97 Å². The Hall–Kier alpha value is -1.51. The number of rotatable bonds is 6. The first-order valence-electron chi connectivity index (χ1n) is 8.48. The Morgan fingerprint density at radius 1 is 1.13 bits per heavy atom. The molecule has 0 radical (unpaired) electrons. The second kappa shape index (κ2) is 7.37. The molecule has 0 saturated carbocycles. The van der Waals surface area contributed by atoms with Crippen molar-refractivity contribution in [3.8, 4) is 5.75 Å². The van der Waals surface area contributed by atoms with E-state index < -0.39 is 5.97 Å². The van der Waals surface area contributed by atoms with Gasteiger partial charge in [-0.25, -0.2) is 0 Å². The second-order valence-electron chi connectivity index (χ2n) is 8.29. The molecule has 0 bridgehead atoms. The largest absolute Gasteiger partial charge is 0.490 e. The molecule has 130 valence electrons. The van der Waals surface area contributed by atoms with E-state index in [0.717, 1.165) is 12.2 Å². The first-order chi connectivity index (χ1) is 10.4. The van der Waals surface area contributed by atoms with Crippen molar-refractivity contribution in [2.24, 2.45) is 0 Å². The minimum atomic E-state index is -0.772. The standard InChI is InChI=1S/C20H32O3/c1-8-15(10-12-18(21)22)23-17-11-9-14(19(2,3)4)13-16(17)20(5,6)7/h9,11,13,15H,8,10,12H2,1-7H3,(H,21,22). The molecule has 0 saturated heterocycles. The number of hydrogen-bond donors (Lipinski definition) is 1. The maximum atomic E-state index is 10.8. The van der Waals surface area contributed by atoms with Crippen LogP contribution in [0.2, 0.25) is 0 Å². The molecule has 0 fully saturated rings.